The van der Waals surface area contributed by atoms with Crippen LogP contribution < -0.4 is 0 Å². The van der Waals surface area contributed by atoms with E-state index >= 15 is 0 Å². The van der Waals surface area contributed by atoms with E-state index in [1.807, 2.05) is 6.92 Å². The van der Waals surface area contributed by atoms with Crippen LogP contribution in [-0.2, 0) is 6.67 Å². The molecule has 0 saturated carbocycles. The molecule has 0 bridgehead atoms. The summed E-state index contributed by atoms with van der Waals surface area (Å²) in [7, 11) is 0. The summed E-state index contributed by atoms with van der Waals surface area (Å²) < 4.78 is 3.43. The van der Waals surface area contributed by atoms with Crippen molar-refractivity contribution >= 4 is 0 Å². The molecule has 0 fully saturated rings. The second-order valence-corrected chi connectivity index (χ2v) is 2.38. The zero-order chi connectivity index (χ0) is 8.39. The highest BCUT2D eigenvalue weighted by Gasteiger charge is 1.98. The quantitative estimate of drug-likeness (QED) is 0.610. The highest BCUT2D eigenvalue weighted by atomic mass is 15.4. The van der Waals surface area contributed by atoms with E-state index in [1.165, 1.54) is 12.7 Å². The molecule has 0 aliphatic carbocycles. The van der Waals surface area contributed by atoms with Crippen molar-refractivity contribution in [2.75, 3.05) is 0 Å². The Morgan fingerprint density at radius 2 is 2.25 bits per heavy atom. The van der Waals surface area contributed by atoms with Gasteiger partial charge in [0.2, 0.25) is 0 Å². The van der Waals surface area contributed by atoms with Crippen LogP contribution in [0.2, 0.25) is 0 Å². The van der Waals surface area contributed by atoms with Crippen LogP contribution in [0.4, 0.5) is 0 Å². The normalized spacial score (nSPS) is 10.4. The Morgan fingerprint density at radius 3 is 2.83 bits per heavy atom. The van der Waals surface area contributed by atoms with Crippen LogP contribution >= 0.6 is 0 Å². The van der Waals surface area contributed by atoms with Crippen molar-refractivity contribution < 1.29 is 0 Å². The zero-order valence-corrected chi connectivity index (χ0v) is 6.62. The standard InChI is InChI=1S/C6H8N6/c1-6-8-3-10-12(6)5-11-4-7-2-9-11/h2-4H,5H2,1H3. The molecule has 0 N–H and O–H groups in total. The van der Waals surface area contributed by atoms with E-state index in [1.54, 1.807) is 15.7 Å². The Morgan fingerprint density at radius 1 is 1.33 bits per heavy atom. The van der Waals surface area contributed by atoms with E-state index in [4.69, 9.17) is 0 Å². The van der Waals surface area contributed by atoms with Gasteiger partial charge in [0.05, 0.1) is 0 Å². The fraction of sp³-hybridized carbons (Fsp3) is 0.333. The fourth-order valence-corrected chi connectivity index (χ4v) is 0.904. The molecule has 6 heteroatoms. The van der Waals surface area contributed by atoms with Crippen molar-refractivity contribution in [1.29, 1.82) is 0 Å². The minimum atomic E-state index is 0.561. The van der Waals surface area contributed by atoms with Crippen LogP contribution in [0.15, 0.2) is 19.0 Å². The Bertz CT molecular complexity index is 348. The minimum absolute atomic E-state index is 0.561. The third-order valence-corrected chi connectivity index (χ3v) is 1.55. The molecule has 0 atom stereocenters. The molecular weight excluding hydrogens is 156 g/mol. The van der Waals surface area contributed by atoms with Gasteiger partial charge < -0.3 is 0 Å². The van der Waals surface area contributed by atoms with E-state index in [0.29, 0.717) is 6.67 Å². The highest BCUT2D eigenvalue weighted by molar-refractivity contribution is 4.77. The topological polar surface area (TPSA) is 61.4 Å². The van der Waals surface area contributed by atoms with Gasteiger partial charge in [0, 0.05) is 0 Å². The minimum Gasteiger partial charge on any atom is -0.231 e. The molecule has 0 saturated heterocycles. The van der Waals surface area contributed by atoms with Crippen molar-refractivity contribution in [2.24, 2.45) is 0 Å². The van der Waals surface area contributed by atoms with Gasteiger partial charge in [-0.05, 0) is 6.92 Å². The SMILES string of the molecule is Cc1ncnn1Cn1cncn1. The van der Waals surface area contributed by atoms with Gasteiger partial charge in [-0.1, -0.05) is 0 Å². The summed E-state index contributed by atoms with van der Waals surface area (Å²) in [5, 5.41) is 7.96. The number of hydrogen-bond donors (Lipinski definition) is 0. The lowest BCUT2D eigenvalue weighted by Gasteiger charge is -2.00. The molecule has 2 aromatic heterocycles. The summed E-state index contributed by atoms with van der Waals surface area (Å²) in [6.07, 6.45) is 4.65. The molecule has 2 aromatic rings. The van der Waals surface area contributed by atoms with Crippen molar-refractivity contribution in [2.45, 2.75) is 13.6 Å². The third-order valence-electron chi connectivity index (χ3n) is 1.55. The smallest absolute Gasteiger partial charge is 0.138 e. The van der Waals surface area contributed by atoms with Gasteiger partial charge in [0.15, 0.2) is 0 Å². The maximum Gasteiger partial charge on any atom is 0.138 e. The van der Waals surface area contributed by atoms with Crippen LogP contribution in [-0.4, -0.2) is 29.5 Å². The molecule has 0 spiro atoms. The summed E-state index contributed by atoms with van der Waals surface area (Å²) in [6, 6.07) is 0. The summed E-state index contributed by atoms with van der Waals surface area (Å²) in [5.41, 5.74) is 0. The number of hydrogen-bond acceptors (Lipinski definition) is 4. The summed E-state index contributed by atoms with van der Waals surface area (Å²) >= 11 is 0. The average molecular weight is 164 g/mol. The molecule has 6 nitrogen and oxygen atoms in total. The lowest BCUT2D eigenvalue weighted by atomic mass is 10.7. The Hall–Kier alpha value is -1.72. The van der Waals surface area contributed by atoms with E-state index in [9.17, 15) is 0 Å². The maximum absolute atomic E-state index is 4.01. The van der Waals surface area contributed by atoms with Gasteiger partial charge >= 0.3 is 0 Å². The summed E-state index contributed by atoms with van der Waals surface area (Å²) in [4.78, 5) is 7.81. The van der Waals surface area contributed by atoms with Crippen LogP contribution in [0.25, 0.3) is 0 Å². The first-order valence-electron chi connectivity index (χ1n) is 3.53. The largest absolute Gasteiger partial charge is 0.231 e. The monoisotopic (exact) mass is 164 g/mol. The first kappa shape index (κ1) is 6.96. The molecule has 12 heavy (non-hydrogen) atoms. The maximum atomic E-state index is 4.01. The highest BCUT2D eigenvalue weighted by Crippen LogP contribution is 1.90. The third kappa shape index (κ3) is 1.18. The van der Waals surface area contributed by atoms with Crippen molar-refractivity contribution in [3.8, 4) is 0 Å². The van der Waals surface area contributed by atoms with Gasteiger partial charge in [-0.15, -0.1) is 0 Å². The average Bonchev–Trinajstić information content (AvgIpc) is 2.65. The fourth-order valence-electron chi connectivity index (χ4n) is 0.904. The molecule has 0 amide bonds. The predicted octanol–water partition coefficient (Wildman–Crippen LogP) is -0.316. The predicted molar refractivity (Wildman–Crippen MR) is 40.2 cm³/mol. The molecular formula is C6H8N6. The van der Waals surface area contributed by atoms with Gasteiger partial charge in [-0.25, -0.2) is 19.3 Å². The Balaban J connectivity index is 2.20. The summed E-state index contributed by atoms with van der Waals surface area (Å²) in [6.45, 7) is 2.45. The Kier molecular flexibility index (Phi) is 1.58. The molecule has 0 unspecified atom stereocenters. The lowest BCUT2D eigenvalue weighted by Crippen LogP contribution is -2.11. The molecule has 2 rings (SSSR count). The van der Waals surface area contributed by atoms with Crippen LogP contribution in [0, 0.1) is 6.92 Å². The van der Waals surface area contributed by atoms with Gasteiger partial charge in [0.25, 0.3) is 0 Å². The Labute approximate surface area is 68.9 Å². The van der Waals surface area contributed by atoms with Crippen LogP contribution in [0.5, 0.6) is 0 Å². The second-order valence-electron chi connectivity index (χ2n) is 2.38. The molecule has 0 aliphatic heterocycles. The van der Waals surface area contributed by atoms with Gasteiger partial charge in [-0.2, -0.15) is 10.2 Å². The van der Waals surface area contributed by atoms with E-state index in [0.717, 1.165) is 5.82 Å². The van der Waals surface area contributed by atoms with Crippen molar-refractivity contribution in [3.05, 3.63) is 24.8 Å². The van der Waals surface area contributed by atoms with Crippen molar-refractivity contribution in [3.63, 3.8) is 0 Å². The summed E-state index contributed by atoms with van der Waals surface area (Å²) in [5.74, 6) is 0.866. The van der Waals surface area contributed by atoms with Crippen LogP contribution in [0.1, 0.15) is 5.82 Å². The number of aromatic nitrogens is 6. The first-order valence-corrected chi connectivity index (χ1v) is 3.53. The molecule has 0 aliphatic rings. The van der Waals surface area contributed by atoms with E-state index < -0.39 is 0 Å². The zero-order valence-electron chi connectivity index (χ0n) is 6.62. The number of nitrogens with zero attached hydrogens (tertiary/aromatic N) is 6. The lowest BCUT2D eigenvalue weighted by molar-refractivity contribution is 0.490. The van der Waals surface area contributed by atoms with Gasteiger partial charge in [-0.3, -0.25) is 0 Å². The molecule has 0 aromatic carbocycles. The van der Waals surface area contributed by atoms with Crippen LogP contribution in [0.3, 0.4) is 0 Å². The molecule has 2 heterocycles. The van der Waals surface area contributed by atoms with E-state index in [2.05, 4.69) is 20.2 Å². The second kappa shape index (κ2) is 2.72. The van der Waals surface area contributed by atoms with E-state index in [-0.39, 0.29) is 0 Å². The molecule has 0 radical (unpaired) electrons. The molecule has 62 valence electrons. The number of rotatable bonds is 2. The van der Waals surface area contributed by atoms with Crippen molar-refractivity contribution in [1.82, 2.24) is 29.5 Å². The van der Waals surface area contributed by atoms with Gasteiger partial charge in [0.1, 0.15) is 31.5 Å². The first-order chi connectivity index (χ1) is 5.86. The number of aryl methyl sites for hydroxylation is 1.